The topological polar surface area (TPSA) is 185 Å². The molecule has 12 heteroatoms. The molecule has 6 N–H and O–H groups in total. The average Bonchev–Trinajstić information content (AvgIpc) is 2.74. The molecule has 12 nitrogen and oxygen atoms in total. The van der Waals surface area contributed by atoms with Gasteiger partial charge in [-0.1, -0.05) is 13.3 Å². The van der Waals surface area contributed by atoms with Gasteiger partial charge in [-0.3, -0.25) is 0 Å². The first-order chi connectivity index (χ1) is 20.1. The third kappa shape index (κ3) is 19.7. The first kappa shape index (κ1) is 42.7. The summed E-state index contributed by atoms with van der Waals surface area (Å²) in [6.07, 6.45) is 1.89. The molecule has 0 fully saturated rings. The van der Waals surface area contributed by atoms with E-state index in [1.165, 1.54) is 0 Å². The fourth-order valence-electron chi connectivity index (χ4n) is 6.11. The van der Waals surface area contributed by atoms with Crippen molar-refractivity contribution >= 4 is 18.3 Å². The molecule has 0 aliphatic rings. The van der Waals surface area contributed by atoms with Crippen molar-refractivity contribution in [2.24, 2.45) is 22.6 Å². The Balaban J connectivity index is 5.97. The molecule has 0 aliphatic heterocycles. The molecule has 0 spiro atoms. The first-order valence-corrected chi connectivity index (χ1v) is 15.9. The van der Waals surface area contributed by atoms with Crippen molar-refractivity contribution in [2.45, 2.75) is 169 Å². The third-order valence-corrected chi connectivity index (χ3v) is 7.87. The van der Waals surface area contributed by atoms with Gasteiger partial charge < -0.3 is 45.6 Å². The quantitative estimate of drug-likeness (QED) is 0.107. The summed E-state index contributed by atoms with van der Waals surface area (Å²) in [5.41, 5.74) is 11.5. The molecule has 0 aromatic carbocycles. The lowest BCUT2D eigenvalue weighted by molar-refractivity contribution is -0.128. The second-order valence-corrected chi connectivity index (χ2v) is 16.0. The highest BCUT2D eigenvalue weighted by Gasteiger charge is 2.44. The fraction of sp³-hybridized carbons (Fsp3) is 0.909. The molecule has 0 unspecified atom stereocenters. The number of amides is 3. The maximum Gasteiger partial charge on any atom is 0.405 e. The van der Waals surface area contributed by atoms with E-state index < -0.39 is 51.9 Å². The lowest BCUT2D eigenvalue weighted by atomic mass is 9.65. The molecule has 0 saturated heterocycles. The molecule has 0 aliphatic carbocycles. The van der Waals surface area contributed by atoms with Crippen LogP contribution in [0.15, 0.2) is 0 Å². The van der Waals surface area contributed by atoms with E-state index in [1.54, 1.807) is 41.5 Å². The van der Waals surface area contributed by atoms with Gasteiger partial charge in [0.1, 0.15) is 16.8 Å². The zero-order chi connectivity index (χ0) is 35.5. The summed E-state index contributed by atoms with van der Waals surface area (Å²) < 4.78 is 35.0. The van der Waals surface area contributed by atoms with Gasteiger partial charge in [-0.15, -0.1) is 0 Å². The maximum absolute atomic E-state index is 11.3. The van der Waals surface area contributed by atoms with Crippen LogP contribution < -0.4 is 17.2 Å². The van der Waals surface area contributed by atoms with Crippen molar-refractivity contribution in [3.63, 3.8) is 0 Å². The van der Waals surface area contributed by atoms with Gasteiger partial charge in [-0.05, 0) is 108 Å². The molecule has 266 valence electrons. The number of hydrogen-bond donors (Lipinski definition) is 3. The summed E-state index contributed by atoms with van der Waals surface area (Å²) in [5, 5.41) is 0. The molecular formula is C33H65N3O9. The minimum Gasteiger partial charge on any atom is -0.444 e. The van der Waals surface area contributed by atoms with Crippen molar-refractivity contribution in [2.75, 3.05) is 19.8 Å². The second-order valence-electron chi connectivity index (χ2n) is 16.0. The number of primary amides is 3. The maximum atomic E-state index is 11.3. The summed E-state index contributed by atoms with van der Waals surface area (Å²) in [6, 6.07) is 0. The lowest BCUT2D eigenvalue weighted by Gasteiger charge is -2.47. The molecule has 3 amide bonds. The highest BCUT2D eigenvalue weighted by molar-refractivity contribution is 5.65. The zero-order valence-electron chi connectivity index (χ0n) is 30.5. The van der Waals surface area contributed by atoms with E-state index in [1.807, 2.05) is 0 Å². The van der Waals surface area contributed by atoms with Gasteiger partial charge in [0.05, 0.1) is 36.6 Å². The summed E-state index contributed by atoms with van der Waals surface area (Å²) in [5.74, 6) is 0. The largest absolute Gasteiger partial charge is 0.444 e. The average molecular weight is 648 g/mol. The van der Waals surface area contributed by atoms with Gasteiger partial charge in [0.15, 0.2) is 0 Å². The Morgan fingerprint density at radius 2 is 0.667 bits per heavy atom. The van der Waals surface area contributed by atoms with E-state index in [0.29, 0.717) is 58.3 Å². The highest BCUT2D eigenvalue weighted by atomic mass is 16.6. The van der Waals surface area contributed by atoms with Crippen LogP contribution in [0.1, 0.15) is 135 Å². The molecule has 0 saturated carbocycles. The van der Waals surface area contributed by atoms with Crippen LogP contribution in [0.2, 0.25) is 0 Å². The Kier molecular flexibility index (Phi) is 15.6. The highest BCUT2D eigenvalue weighted by Crippen LogP contribution is 2.48. The van der Waals surface area contributed by atoms with Gasteiger partial charge in [0.2, 0.25) is 0 Å². The zero-order valence-corrected chi connectivity index (χ0v) is 30.5. The van der Waals surface area contributed by atoms with E-state index in [0.717, 1.165) is 6.42 Å². The van der Waals surface area contributed by atoms with E-state index in [2.05, 4.69) is 48.5 Å². The van der Waals surface area contributed by atoms with Crippen molar-refractivity contribution in [3.05, 3.63) is 0 Å². The predicted octanol–water partition coefficient (Wildman–Crippen LogP) is 6.73. The number of rotatable bonds is 22. The molecule has 0 aromatic rings. The molecule has 0 bridgehead atoms. The van der Waals surface area contributed by atoms with Crippen LogP contribution in [0.3, 0.4) is 0 Å². The second kappa shape index (κ2) is 16.5. The van der Waals surface area contributed by atoms with Crippen LogP contribution in [0.25, 0.3) is 0 Å². The van der Waals surface area contributed by atoms with Gasteiger partial charge in [-0.25, -0.2) is 14.4 Å². The standard InChI is InChI=1S/C33H65N3O9/c1-14-33(21-30(8,9)40-18-15-27(2,3)43-24(34)37,22-31(10,11)41-19-16-28(4,5)44-25(35)38)23-32(12,13)42-20-17-29(6,7)45-26(36)39/h14-23H2,1-13H3,(H2,34,37)(H2,35,38)(H2,36,39). The molecule has 0 aromatic heterocycles. The van der Waals surface area contributed by atoms with E-state index in [-0.39, 0.29) is 5.41 Å². The van der Waals surface area contributed by atoms with Crippen molar-refractivity contribution in [1.29, 1.82) is 0 Å². The molecule has 0 radical (unpaired) electrons. The van der Waals surface area contributed by atoms with Gasteiger partial charge >= 0.3 is 18.3 Å². The van der Waals surface area contributed by atoms with Gasteiger partial charge in [0.25, 0.3) is 0 Å². The Bertz CT molecular complexity index is 842. The van der Waals surface area contributed by atoms with Crippen LogP contribution in [0, 0.1) is 5.41 Å². The number of ether oxygens (including phenoxy) is 6. The number of nitrogens with two attached hydrogens (primary N) is 3. The Hall–Kier alpha value is -2.31. The first-order valence-electron chi connectivity index (χ1n) is 15.9. The van der Waals surface area contributed by atoms with Crippen LogP contribution in [0.4, 0.5) is 14.4 Å². The van der Waals surface area contributed by atoms with Gasteiger partial charge in [-0.2, -0.15) is 0 Å². The van der Waals surface area contributed by atoms with Crippen molar-refractivity contribution < 1.29 is 42.8 Å². The summed E-state index contributed by atoms with van der Waals surface area (Å²) in [4.78, 5) is 33.9. The molecule has 0 rings (SSSR count). The number of carbonyl (C=O) groups excluding carboxylic acids is 3. The Morgan fingerprint density at radius 1 is 0.444 bits per heavy atom. The summed E-state index contributed by atoms with van der Waals surface area (Å²) in [6.45, 7) is 26.5. The minimum atomic E-state index is -0.817. The molecule has 0 atom stereocenters. The summed E-state index contributed by atoms with van der Waals surface area (Å²) in [7, 11) is 0. The fourth-order valence-corrected chi connectivity index (χ4v) is 6.11. The van der Waals surface area contributed by atoms with E-state index in [4.69, 9.17) is 45.6 Å². The normalized spacial score (nSPS) is 13.8. The number of carbonyl (C=O) groups is 3. The predicted molar refractivity (Wildman–Crippen MR) is 175 cm³/mol. The Labute approximate surface area is 272 Å². The van der Waals surface area contributed by atoms with Crippen LogP contribution in [0.5, 0.6) is 0 Å². The Morgan fingerprint density at radius 3 is 0.844 bits per heavy atom. The monoisotopic (exact) mass is 647 g/mol. The van der Waals surface area contributed by atoms with Crippen molar-refractivity contribution in [3.8, 4) is 0 Å². The molecular weight excluding hydrogens is 582 g/mol. The third-order valence-electron chi connectivity index (χ3n) is 7.87. The van der Waals surface area contributed by atoms with E-state index in [9.17, 15) is 14.4 Å². The molecule has 45 heavy (non-hydrogen) atoms. The SMILES string of the molecule is CCC(CC(C)(C)OCCC(C)(C)OC(N)=O)(CC(C)(C)OCCC(C)(C)OC(N)=O)CC(C)(C)OCCC(C)(C)OC(N)=O. The lowest BCUT2D eigenvalue weighted by Crippen LogP contribution is -2.45. The van der Waals surface area contributed by atoms with Crippen LogP contribution in [-0.4, -0.2) is 71.7 Å². The smallest absolute Gasteiger partial charge is 0.405 e. The van der Waals surface area contributed by atoms with E-state index >= 15 is 0 Å². The number of hydrogen-bond acceptors (Lipinski definition) is 9. The van der Waals surface area contributed by atoms with Crippen LogP contribution >= 0.6 is 0 Å². The van der Waals surface area contributed by atoms with Crippen LogP contribution in [-0.2, 0) is 28.4 Å². The van der Waals surface area contributed by atoms with Crippen molar-refractivity contribution in [1.82, 2.24) is 0 Å². The summed E-state index contributed by atoms with van der Waals surface area (Å²) >= 11 is 0. The minimum absolute atomic E-state index is 0.284. The van der Waals surface area contributed by atoms with Gasteiger partial charge in [0, 0.05) is 19.3 Å². The molecule has 0 heterocycles.